The van der Waals surface area contributed by atoms with E-state index in [0.717, 1.165) is 56.1 Å². The minimum absolute atomic E-state index is 0.968. The number of allylic oxidation sites excluding steroid dienone is 5. The molecule has 9 aromatic carbocycles. The minimum atomic E-state index is 0.968. The number of rotatable bonds is 11. The molecule has 0 bridgehead atoms. The average molecular weight is 807 g/mol. The first-order valence-corrected chi connectivity index (χ1v) is 21.6. The molecule has 0 amide bonds. The van der Waals surface area contributed by atoms with Crippen molar-refractivity contribution in [3.8, 4) is 50.2 Å². The average Bonchev–Trinajstić information content (AvgIpc) is 3.70. The van der Waals surface area contributed by atoms with Gasteiger partial charge in [0.05, 0.1) is 11.0 Å². The summed E-state index contributed by atoms with van der Waals surface area (Å²) < 4.78 is 2.38. The second-order valence-electron chi connectivity index (χ2n) is 15.8. The van der Waals surface area contributed by atoms with Crippen LogP contribution in [0.2, 0.25) is 0 Å². The zero-order chi connectivity index (χ0) is 42.5. The van der Waals surface area contributed by atoms with Crippen LogP contribution in [0.1, 0.15) is 12.5 Å². The van der Waals surface area contributed by atoms with Crippen LogP contribution in [-0.2, 0) is 0 Å². The van der Waals surface area contributed by atoms with E-state index in [9.17, 15) is 0 Å². The van der Waals surface area contributed by atoms with Gasteiger partial charge in [0.15, 0.2) is 0 Å². The van der Waals surface area contributed by atoms with Gasteiger partial charge >= 0.3 is 0 Å². The van der Waals surface area contributed by atoms with Gasteiger partial charge < -0.3 is 9.47 Å². The van der Waals surface area contributed by atoms with Crippen molar-refractivity contribution in [1.29, 1.82) is 0 Å². The molecule has 2 nitrogen and oxygen atoms in total. The van der Waals surface area contributed by atoms with Crippen LogP contribution >= 0.6 is 0 Å². The lowest BCUT2D eigenvalue weighted by Gasteiger charge is -2.26. The maximum Gasteiger partial charge on any atom is 0.0547 e. The molecule has 1 aromatic heterocycles. The fraction of sp³-hybridized carbons (Fsp3) is 0.0164. The monoisotopic (exact) mass is 806 g/mol. The number of hydrogen-bond acceptors (Lipinski definition) is 1. The summed E-state index contributed by atoms with van der Waals surface area (Å²) in [5.74, 6) is 0. The highest BCUT2D eigenvalue weighted by molar-refractivity contribution is 6.16. The number of para-hydroxylation sites is 2. The van der Waals surface area contributed by atoms with E-state index in [0.29, 0.717) is 0 Å². The third-order valence-electron chi connectivity index (χ3n) is 11.9. The van der Waals surface area contributed by atoms with Crippen molar-refractivity contribution in [2.45, 2.75) is 6.92 Å². The van der Waals surface area contributed by atoms with Gasteiger partial charge in [0.25, 0.3) is 0 Å². The van der Waals surface area contributed by atoms with E-state index in [-0.39, 0.29) is 0 Å². The van der Waals surface area contributed by atoms with Gasteiger partial charge in [0, 0.05) is 33.5 Å². The van der Waals surface area contributed by atoms with Crippen LogP contribution in [0.4, 0.5) is 17.1 Å². The van der Waals surface area contributed by atoms with Crippen LogP contribution in [0.25, 0.3) is 77.6 Å². The molecule has 0 aliphatic rings. The van der Waals surface area contributed by atoms with Crippen LogP contribution in [0.15, 0.2) is 255 Å². The number of anilines is 3. The SMILES string of the molecule is C=C(/C=C\C=C/C)c1cc(-c2ccc(N(c3ccc(-c4ccccc4)cc3)c3cccc(-c4cccc5c4c4ccccc4n5-c4ccccc4)c3)cc2)ccc1-c1ccccc1. The third kappa shape index (κ3) is 7.71. The first-order chi connectivity index (χ1) is 31.1. The van der Waals surface area contributed by atoms with E-state index >= 15 is 0 Å². The molecule has 0 aliphatic carbocycles. The van der Waals surface area contributed by atoms with Gasteiger partial charge in [0.2, 0.25) is 0 Å². The summed E-state index contributed by atoms with van der Waals surface area (Å²) in [5.41, 5.74) is 18.2. The molecule has 0 unspecified atom stereocenters. The molecule has 0 aliphatic heterocycles. The Morgan fingerprint density at radius 3 is 1.68 bits per heavy atom. The second-order valence-corrected chi connectivity index (χ2v) is 15.8. The molecule has 2 heteroatoms. The lowest BCUT2D eigenvalue weighted by Crippen LogP contribution is -2.10. The minimum Gasteiger partial charge on any atom is -0.310 e. The Morgan fingerprint density at radius 2 is 0.984 bits per heavy atom. The topological polar surface area (TPSA) is 8.17 Å². The summed E-state index contributed by atoms with van der Waals surface area (Å²) in [6.07, 6.45) is 8.21. The molecule has 0 fully saturated rings. The summed E-state index contributed by atoms with van der Waals surface area (Å²) in [6, 6.07) is 80.8. The smallest absolute Gasteiger partial charge is 0.0547 e. The van der Waals surface area contributed by atoms with E-state index < -0.39 is 0 Å². The zero-order valence-corrected chi connectivity index (χ0v) is 35.3. The zero-order valence-electron chi connectivity index (χ0n) is 35.3. The van der Waals surface area contributed by atoms with Crippen molar-refractivity contribution in [3.05, 3.63) is 261 Å². The summed E-state index contributed by atoms with van der Waals surface area (Å²) in [4.78, 5) is 2.37. The molecule has 0 saturated carbocycles. The maximum atomic E-state index is 4.49. The molecule has 0 saturated heterocycles. The van der Waals surface area contributed by atoms with Crippen LogP contribution in [0, 0.1) is 0 Å². The molecule has 300 valence electrons. The van der Waals surface area contributed by atoms with Crippen molar-refractivity contribution in [1.82, 2.24) is 4.57 Å². The lowest BCUT2D eigenvalue weighted by atomic mass is 9.91. The van der Waals surface area contributed by atoms with E-state index in [4.69, 9.17) is 0 Å². The molecular formula is C61H46N2. The van der Waals surface area contributed by atoms with E-state index in [1.54, 1.807) is 0 Å². The molecular weight excluding hydrogens is 761 g/mol. The van der Waals surface area contributed by atoms with Crippen molar-refractivity contribution in [2.24, 2.45) is 0 Å². The molecule has 0 radical (unpaired) electrons. The normalized spacial score (nSPS) is 11.5. The summed E-state index contributed by atoms with van der Waals surface area (Å²) in [7, 11) is 0. The Balaban J connectivity index is 1.08. The summed E-state index contributed by atoms with van der Waals surface area (Å²) in [5, 5.41) is 2.48. The van der Waals surface area contributed by atoms with Crippen LogP contribution in [0.5, 0.6) is 0 Å². The highest BCUT2D eigenvalue weighted by Crippen LogP contribution is 2.42. The Morgan fingerprint density at radius 1 is 0.429 bits per heavy atom. The third-order valence-corrected chi connectivity index (χ3v) is 11.9. The lowest BCUT2D eigenvalue weighted by molar-refractivity contribution is 1.18. The molecule has 0 atom stereocenters. The Hall–Kier alpha value is -8.20. The summed E-state index contributed by atoms with van der Waals surface area (Å²) in [6.45, 7) is 6.52. The van der Waals surface area contributed by atoms with Crippen molar-refractivity contribution >= 4 is 44.4 Å². The van der Waals surface area contributed by atoms with Gasteiger partial charge in [-0.2, -0.15) is 0 Å². The highest BCUT2D eigenvalue weighted by Gasteiger charge is 2.19. The van der Waals surface area contributed by atoms with Crippen LogP contribution in [0.3, 0.4) is 0 Å². The van der Waals surface area contributed by atoms with Crippen LogP contribution in [-0.4, -0.2) is 4.57 Å². The predicted octanol–water partition coefficient (Wildman–Crippen LogP) is 17.1. The maximum absolute atomic E-state index is 4.49. The van der Waals surface area contributed by atoms with Gasteiger partial charge in [-0.05, 0) is 129 Å². The van der Waals surface area contributed by atoms with Gasteiger partial charge in [-0.1, -0.05) is 189 Å². The number of fused-ring (bicyclic) bond motifs is 3. The first kappa shape index (κ1) is 39.0. The molecule has 1 heterocycles. The number of nitrogens with zero attached hydrogens (tertiary/aromatic N) is 2. The molecule has 10 aromatic rings. The second kappa shape index (κ2) is 17.4. The van der Waals surface area contributed by atoms with E-state index in [1.807, 2.05) is 19.1 Å². The number of aromatic nitrogens is 1. The van der Waals surface area contributed by atoms with Gasteiger partial charge in [0.1, 0.15) is 0 Å². The largest absolute Gasteiger partial charge is 0.310 e. The Kier molecular flexibility index (Phi) is 10.8. The predicted molar refractivity (Wildman–Crippen MR) is 270 cm³/mol. The van der Waals surface area contributed by atoms with Crippen molar-refractivity contribution < 1.29 is 0 Å². The Bertz CT molecular complexity index is 3260. The first-order valence-electron chi connectivity index (χ1n) is 21.6. The van der Waals surface area contributed by atoms with Crippen LogP contribution < -0.4 is 4.90 Å². The van der Waals surface area contributed by atoms with Gasteiger partial charge in [-0.25, -0.2) is 0 Å². The molecule has 63 heavy (non-hydrogen) atoms. The fourth-order valence-corrected chi connectivity index (χ4v) is 8.84. The van der Waals surface area contributed by atoms with E-state index in [1.165, 1.54) is 44.1 Å². The van der Waals surface area contributed by atoms with Crippen molar-refractivity contribution in [2.75, 3.05) is 4.90 Å². The quantitative estimate of drug-likeness (QED) is 0.118. The van der Waals surface area contributed by atoms with Gasteiger partial charge in [-0.15, -0.1) is 0 Å². The fourth-order valence-electron chi connectivity index (χ4n) is 8.84. The molecule has 0 spiro atoms. The van der Waals surface area contributed by atoms with E-state index in [2.05, 4.69) is 253 Å². The summed E-state index contributed by atoms with van der Waals surface area (Å²) >= 11 is 0. The van der Waals surface area contributed by atoms with Crippen molar-refractivity contribution in [3.63, 3.8) is 0 Å². The Labute approximate surface area is 370 Å². The number of benzene rings is 9. The molecule has 0 N–H and O–H groups in total. The standard InChI is InChI=1S/C61H46N2/c1-3-4-8-19-44(2)58-43-49(36-41-55(58)48-22-11-6-12-23-48)47-34-39-53(40-35-47)62(52-37-32-46(33-38-52)45-20-9-5-10-21-45)54-27-17-24-50(42-54)56-29-18-31-60-61(56)57-28-15-16-30-59(57)63(60)51-25-13-7-14-26-51/h3-43H,2H2,1H3/b4-3-,19-8-. The molecule has 10 rings (SSSR count). The van der Waals surface area contributed by atoms with Gasteiger partial charge in [-0.3, -0.25) is 0 Å². The number of hydrogen-bond donors (Lipinski definition) is 0. The highest BCUT2D eigenvalue weighted by atomic mass is 15.1.